The molecule has 0 heterocycles. The van der Waals surface area contributed by atoms with Gasteiger partial charge in [-0.15, -0.1) is 5.10 Å². The van der Waals surface area contributed by atoms with Crippen LogP contribution in [0.3, 0.4) is 0 Å². The number of benzene rings is 1. The lowest BCUT2D eigenvalue weighted by atomic mass is 10.2. The molecule has 0 aromatic heterocycles. The lowest BCUT2D eigenvalue weighted by Gasteiger charge is -1.94. The highest BCUT2D eigenvalue weighted by molar-refractivity contribution is 8.13. The minimum Gasteiger partial charge on any atom is -0.377 e. The first-order valence-electron chi connectivity index (χ1n) is 4.29. The number of para-hydroxylation sites is 1. The Hall–Kier alpha value is -1.89. The first kappa shape index (κ1) is 12.2. The highest BCUT2D eigenvalue weighted by Gasteiger charge is 2.09. The van der Waals surface area contributed by atoms with Crippen molar-refractivity contribution in [3.8, 4) is 0 Å². The van der Waals surface area contributed by atoms with Crippen LogP contribution in [0.1, 0.15) is 5.56 Å². The van der Waals surface area contributed by atoms with Crippen molar-refractivity contribution < 1.29 is 4.92 Å². The Morgan fingerprint density at radius 1 is 1.56 bits per heavy atom. The van der Waals surface area contributed by atoms with E-state index in [-0.39, 0.29) is 5.69 Å². The lowest BCUT2D eigenvalue weighted by molar-refractivity contribution is -0.385. The Labute approximate surface area is 96.4 Å². The molecule has 1 aromatic rings. The molecule has 1 rings (SSSR count). The van der Waals surface area contributed by atoms with Crippen LogP contribution < -0.4 is 5.73 Å². The van der Waals surface area contributed by atoms with Crippen LogP contribution in [-0.4, -0.2) is 22.6 Å². The van der Waals surface area contributed by atoms with E-state index in [9.17, 15) is 10.1 Å². The molecular formula is C9H10N4O2S. The van der Waals surface area contributed by atoms with Gasteiger partial charge >= 0.3 is 0 Å². The molecule has 0 aliphatic carbocycles. The topological polar surface area (TPSA) is 93.9 Å². The van der Waals surface area contributed by atoms with Crippen LogP contribution in [0.4, 0.5) is 5.69 Å². The Morgan fingerprint density at radius 3 is 2.88 bits per heavy atom. The molecule has 0 saturated carbocycles. The zero-order valence-corrected chi connectivity index (χ0v) is 9.35. The van der Waals surface area contributed by atoms with E-state index in [1.54, 1.807) is 24.5 Å². The summed E-state index contributed by atoms with van der Waals surface area (Å²) in [6.45, 7) is 0. The molecular weight excluding hydrogens is 228 g/mol. The van der Waals surface area contributed by atoms with Gasteiger partial charge in [-0.3, -0.25) is 10.1 Å². The zero-order valence-electron chi connectivity index (χ0n) is 8.53. The van der Waals surface area contributed by atoms with Crippen LogP contribution in [0.2, 0.25) is 0 Å². The maximum atomic E-state index is 10.7. The van der Waals surface area contributed by atoms with E-state index in [1.807, 2.05) is 0 Å². The molecule has 16 heavy (non-hydrogen) atoms. The van der Waals surface area contributed by atoms with Gasteiger partial charge < -0.3 is 5.73 Å². The Balaban J connectivity index is 2.93. The maximum Gasteiger partial charge on any atom is 0.278 e. The summed E-state index contributed by atoms with van der Waals surface area (Å²) in [5.74, 6) is 0. The minimum absolute atomic E-state index is 0.0100. The third kappa shape index (κ3) is 3.35. The number of hydrogen-bond donors (Lipinski definition) is 1. The summed E-state index contributed by atoms with van der Waals surface area (Å²) in [5, 5.41) is 18.3. The second kappa shape index (κ2) is 5.86. The molecule has 0 spiro atoms. The van der Waals surface area contributed by atoms with Crippen molar-refractivity contribution in [1.29, 1.82) is 0 Å². The summed E-state index contributed by atoms with van der Waals surface area (Å²) in [7, 11) is 0. The summed E-state index contributed by atoms with van der Waals surface area (Å²) in [6.07, 6.45) is 3.07. The van der Waals surface area contributed by atoms with Gasteiger partial charge in [-0.05, 0) is 12.3 Å². The number of rotatable bonds is 3. The highest BCUT2D eigenvalue weighted by atomic mass is 32.2. The molecule has 0 aliphatic rings. The standard InChI is InChI=1S/C9H10N4O2S/c1-16-9(10)12-11-6-7-4-2-3-5-8(7)13(14)15/h2-6H,1H3,(H2,10,12). The summed E-state index contributed by atoms with van der Waals surface area (Å²) in [4.78, 5) is 10.2. The normalized spacial score (nSPS) is 11.9. The zero-order chi connectivity index (χ0) is 12.0. The van der Waals surface area contributed by atoms with E-state index >= 15 is 0 Å². The summed E-state index contributed by atoms with van der Waals surface area (Å²) in [5.41, 5.74) is 5.78. The molecule has 0 amide bonds. The Bertz CT molecular complexity index is 445. The molecule has 84 valence electrons. The van der Waals surface area contributed by atoms with E-state index in [0.29, 0.717) is 10.7 Å². The van der Waals surface area contributed by atoms with Gasteiger partial charge in [0.05, 0.1) is 16.7 Å². The van der Waals surface area contributed by atoms with Crippen molar-refractivity contribution in [3.63, 3.8) is 0 Å². The molecule has 7 heteroatoms. The van der Waals surface area contributed by atoms with E-state index in [2.05, 4.69) is 10.2 Å². The number of amidine groups is 1. The van der Waals surface area contributed by atoms with E-state index in [4.69, 9.17) is 5.73 Å². The maximum absolute atomic E-state index is 10.7. The fraction of sp³-hybridized carbons (Fsp3) is 0.111. The van der Waals surface area contributed by atoms with Crippen molar-refractivity contribution in [2.45, 2.75) is 0 Å². The summed E-state index contributed by atoms with van der Waals surface area (Å²) < 4.78 is 0. The molecule has 0 bridgehead atoms. The number of nitro benzene ring substituents is 1. The molecule has 0 aliphatic heterocycles. The minimum atomic E-state index is -0.469. The quantitative estimate of drug-likeness (QED) is 0.374. The highest BCUT2D eigenvalue weighted by Crippen LogP contribution is 2.15. The van der Waals surface area contributed by atoms with Crippen molar-refractivity contribution in [2.75, 3.05) is 6.26 Å². The predicted molar refractivity (Wildman–Crippen MR) is 65.8 cm³/mol. The van der Waals surface area contributed by atoms with E-state index < -0.39 is 4.92 Å². The second-order valence-corrected chi connectivity index (χ2v) is 3.53. The van der Waals surface area contributed by atoms with Crippen molar-refractivity contribution in [3.05, 3.63) is 39.9 Å². The molecule has 2 N–H and O–H groups in total. The Morgan fingerprint density at radius 2 is 2.25 bits per heavy atom. The van der Waals surface area contributed by atoms with Crippen molar-refractivity contribution >= 4 is 28.8 Å². The first-order chi connectivity index (χ1) is 7.65. The van der Waals surface area contributed by atoms with Crippen LogP contribution in [-0.2, 0) is 0 Å². The summed E-state index contributed by atoms with van der Waals surface area (Å²) in [6, 6.07) is 6.28. The second-order valence-electron chi connectivity index (χ2n) is 2.70. The monoisotopic (exact) mass is 238 g/mol. The van der Waals surface area contributed by atoms with Gasteiger partial charge in [0.1, 0.15) is 0 Å². The third-order valence-electron chi connectivity index (χ3n) is 1.70. The number of nitro groups is 1. The molecule has 6 nitrogen and oxygen atoms in total. The van der Waals surface area contributed by atoms with Crippen LogP contribution in [0.25, 0.3) is 0 Å². The largest absolute Gasteiger partial charge is 0.377 e. The van der Waals surface area contributed by atoms with Crippen molar-refractivity contribution in [2.24, 2.45) is 15.9 Å². The van der Waals surface area contributed by atoms with Crippen LogP contribution in [0.15, 0.2) is 34.5 Å². The number of nitrogens with zero attached hydrogens (tertiary/aromatic N) is 3. The predicted octanol–water partition coefficient (Wildman–Crippen LogP) is 1.61. The molecule has 0 radical (unpaired) electrons. The van der Waals surface area contributed by atoms with Crippen LogP contribution >= 0.6 is 11.8 Å². The van der Waals surface area contributed by atoms with E-state index in [0.717, 1.165) is 0 Å². The van der Waals surface area contributed by atoms with Gasteiger partial charge in [0, 0.05) is 6.07 Å². The van der Waals surface area contributed by atoms with Gasteiger partial charge in [0.15, 0.2) is 5.17 Å². The number of nitrogens with two attached hydrogens (primary N) is 1. The van der Waals surface area contributed by atoms with Gasteiger partial charge in [0.25, 0.3) is 5.69 Å². The molecule has 0 saturated heterocycles. The smallest absolute Gasteiger partial charge is 0.278 e. The van der Waals surface area contributed by atoms with E-state index in [1.165, 1.54) is 24.0 Å². The lowest BCUT2D eigenvalue weighted by Crippen LogP contribution is -2.04. The average Bonchev–Trinajstić information content (AvgIpc) is 2.29. The molecule has 0 atom stereocenters. The third-order valence-corrected chi connectivity index (χ3v) is 2.20. The molecule has 0 fully saturated rings. The van der Waals surface area contributed by atoms with Crippen LogP contribution in [0, 0.1) is 10.1 Å². The summed E-state index contributed by atoms with van der Waals surface area (Å²) >= 11 is 1.25. The number of hydrogen-bond acceptors (Lipinski definition) is 5. The average molecular weight is 238 g/mol. The number of thioether (sulfide) groups is 1. The van der Waals surface area contributed by atoms with Crippen LogP contribution in [0.5, 0.6) is 0 Å². The van der Waals surface area contributed by atoms with Gasteiger partial charge in [-0.2, -0.15) is 5.10 Å². The van der Waals surface area contributed by atoms with Gasteiger partial charge in [-0.1, -0.05) is 23.9 Å². The molecule has 1 aromatic carbocycles. The Kier molecular flexibility index (Phi) is 4.46. The van der Waals surface area contributed by atoms with Crippen molar-refractivity contribution in [1.82, 2.24) is 0 Å². The van der Waals surface area contributed by atoms with Gasteiger partial charge in [-0.25, -0.2) is 0 Å². The fourth-order valence-corrected chi connectivity index (χ4v) is 1.08. The fourth-order valence-electron chi connectivity index (χ4n) is 0.952. The first-order valence-corrected chi connectivity index (χ1v) is 5.51. The molecule has 0 unspecified atom stereocenters. The SMILES string of the molecule is CSC(N)=NN=Cc1ccccc1[N+](=O)[O-]. The van der Waals surface area contributed by atoms with Gasteiger partial charge in [0.2, 0.25) is 0 Å².